The fourth-order valence-corrected chi connectivity index (χ4v) is 4.02. The number of rotatable bonds is 10. The minimum absolute atomic E-state index is 0.0423. The number of para-hydroxylation sites is 2. The molecule has 1 amide bonds. The van der Waals surface area contributed by atoms with Crippen LogP contribution < -0.4 is 15.0 Å². The molecule has 0 saturated carbocycles. The van der Waals surface area contributed by atoms with Crippen LogP contribution in [0.2, 0.25) is 0 Å². The van der Waals surface area contributed by atoms with Crippen LogP contribution >= 0.6 is 0 Å². The lowest BCUT2D eigenvalue weighted by Gasteiger charge is -2.25. The fourth-order valence-electron chi connectivity index (χ4n) is 4.02. The molecule has 0 bridgehead atoms. The van der Waals surface area contributed by atoms with Gasteiger partial charge in [-0.15, -0.1) is 0 Å². The molecule has 0 saturated heterocycles. The number of hydrogen-bond donors (Lipinski definition) is 1. The van der Waals surface area contributed by atoms with Crippen LogP contribution in [0.4, 0.5) is 11.4 Å². The van der Waals surface area contributed by atoms with Crippen molar-refractivity contribution in [3.8, 4) is 5.75 Å². The Kier molecular flexibility index (Phi) is 8.53. The maximum absolute atomic E-state index is 13.1. The number of benzene rings is 3. The lowest BCUT2D eigenvalue weighted by Crippen LogP contribution is -2.28. The second-order valence-electron chi connectivity index (χ2n) is 9.02. The van der Waals surface area contributed by atoms with Crippen molar-refractivity contribution in [2.45, 2.75) is 52.5 Å². The molecule has 1 N–H and O–H groups in total. The van der Waals surface area contributed by atoms with Gasteiger partial charge in [0, 0.05) is 30.9 Å². The van der Waals surface area contributed by atoms with Crippen molar-refractivity contribution in [2.24, 2.45) is 0 Å². The zero-order valence-electron chi connectivity index (χ0n) is 20.5. The van der Waals surface area contributed by atoms with Gasteiger partial charge in [-0.3, -0.25) is 4.79 Å². The third-order valence-corrected chi connectivity index (χ3v) is 5.90. The lowest BCUT2D eigenvalue weighted by molar-refractivity contribution is -0.116. The largest absolute Gasteiger partial charge is 0.497 e. The quantitative estimate of drug-likeness (QED) is 0.367. The smallest absolute Gasteiger partial charge is 0.226 e. The molecular weight excluding hydrogens is 408 g/mol. The van der Waals surface area contributed by atoms with E-state index < -0.39 is 0 Å². The number of carbonyl (C=O) groups excluding carboxylic acids is 1. The maximum atomic E-state index is 13.1. The van der Waals surface area contributed by atoms with Crippen LogP contribution in [-0.2, 0) is 11.3 Å². The summed E-state index contributed by atoms with van der Waals surface area (Å²) < 4.78 is 5.28. The van der Waals surface area contributed by atoms with E-state index in [-0.39, 0.29) is 5.91 Å². The number of hydrogen-bond acceptors (Lipinski definition) is 3. The molecule has 0 spiro atoms. The van der Waals surface area contributed by atoms with Crippen molar-refractivity contribution >= 4 is 17.3 Å². The summed E-state index contributed by atoms with van der Waals surface area (Å²) >= 11 is 0. The van der Waals surface area contributed by atoms with Crippen LogP contribution in [0.5, 0.6) is 5.75 Å². The molecule has 0 heterocycles. The van der Waals surface area contributed by atoms with Crippen LogP contribution in [-0.4, -0.2) is 19.6 Å². The Balaban J connectivity index is 1.75. The first-order valence-electron chi connectivity index (χ1n) is 11.7. The molecule has 3 aromatic rings. The van der Waals surface area contributed by atoms with Gasteiger partial charge < -0.3 is 15.0 Å². The maximum Gasteiger partial charge on any atom is 0.226 e. The third-order valence-electron chi connectivity index (χ3n) is 5.90. The zero-order valence-corrected chi connectivity index (χ0v) is 20.5. The van der Waals surface area contributed by atoms with E-state index in [2.05, 4.69) is 80.4 Å². The van der Waals surface area contributed by atoms with Gasteiger partial charge in [-0.1, -0.05) is 76.2 Å². The van der Waals surface area contributed by atoms with Gasteiger partial charge in [-0.05, 0) is 52.8 Å². The first kappa shape index (κ1) is 24.4. The first-order chi connectivity index (χ1) is 15.9. The van der Waals surface area contributed by atoms with Gasteiger partial charge in [0.1, 0.15) is 5.75 Å². The summed E-state index contributed by atoms with van der Waals surface area (Å²) in [4.78, 5) is 15.3. The predicted molar refractivity (Wildman–Crippen MR) is 138 cm³/mol. The summed E-state index contributed by atoms with van der Waals surface area (Å²) in [5.74, 6) is 1.57. The van der Waals surface area contributed by atoms with Gasteiger partial charge in [0.15, 0.2) is 0 Å². The Hall–Kier alpha value is -3.27. The Bertz CT molecular complexity index is 1000. The minimum Gasteiger partial charge on any atom is -0.497 e. The van der Waals surface area contributed by atoms with E-state index in [4.69, 9.17) is 4.74 Å². The summed E-state index contributed by atoms with van der Waals surface area (Å²) in [5.41, 5.74) is 5.63. The van der Waals surface area contributed by atoms with E-state index in [0.29, 0.717) is 24.8 Å². The van der Waals surface area contributed by atoms with Gasteiger partial charge in [-0.25, -0.2) is 0 Å². The van der Waals surface area contributed by atoms with E-state index in [0.717, 1.165) is 23.7 Å². The molecule has 4 nitrogen and oxygen atoms in total. The molecule has 0 aliphatic carbocycles. The summed E-state index contributed by atoms with van der Waals surface area (Å²) in [6.07, 6.45) is 0.412. The van der Waals surface area contributed by atoms with E-state index in [9.17, 15) is 4.79 Å². The average Bonchev–Trinajstić information content (AvgIpc) is 2.82. The molecule has 3 aromatic carbocycles. The standard InChI is InChI=1S/C29H36N2O2/c1-21(2)26-12-9-13-27(22(3)4)29(26)30-28(32)18-19-31(24-10-7-6-8-11-24)20-23-14-16-25(33-5)17-15-23/h6-17,21-22H,18-20H2,1-5H3,(H,30,32). The molecule has 174 valence electrons. The molecule has 0 radical (unpaired) electrons. The van der Waals surface area contributed by atoms with Gasteiger partial charge >= 0.3 is 0 Å². The van der Waals surface area contributed by atoms with E-state index in [1.807, 2.05) is 30.3 Å². The topological polar surface area (TPSA) is 41.6 Å². The first-order valence-corrected chi connectivity index (χ1v) is 11.7. The molecule has 33 heavy (non-hydrogen) atoms. The van der Waals surface area contributed by atoms with Crippen molar-refractivity contribution in [3.63, 3.8) is 0 Å². The SMILES string of the molecule is COc1ccc(CN(CCC(=O)Nc2c(C(C)C)cccc2C(C)C)c2ccccc2)cc1. The Morgan fingerprint density at radius 2 is 1.45 bits per heavy atom. The number of ether oxygens (including phenoxy) is 1. The number of anilines is 2. The monoisotopic (exact) mass is 444 g/mol. The minimum atomic E-state index is 0.0423. The molecule has 0 aliphatic heterocycles. The molecule has 0 atom stereocenters. The number of nitrogens with zero attached hydrogens (tertiary/aromatic N) is 1. The molecule has 0 fully saturated rings. The van der Waals surface area contributed by atoms with Gasteiger partial charge in [0.25, 0.3) is 0 Å². The lowest BCUT2D eigenvalue weighted by atomic mass is 9.92. The third kappa shape index (κ3) is 6.61. The highest BCUT2D eigenvalue weighted by molar-refractivity contribution is 5.93. The Morgan fingerprint density at radius 1 is 0.848 bits per heavy atom. The summed E-state index contributed by atoms with van der Waals surface area (Å²) in [6, 6.07) is 24.7. The number of methoxy groups -OCH3 is 1. The number of nitrogens with one attached hydrogen (secondary N) is 1. The predicted octanol–water partition coefficient (Wildman–Crippen LogP) is 6.98. The van der Waals surface area contributed by atoms with E-state index in [1.54, 1.807) is 7.11 Å². The molecule has 0 aromatic heterocycles. The summed E-state index contributed by atoms with van der Waals surface area (Å²) in [7, 11) is 1.67. The van der Waals surface area contributed by atoms with Crippen molar-refractivity contribution in [1.82, 2.24) is 0 Å². The number of carbonyl (C=O) groups is 1. The van der Waals surface area contributed by atoms with Crippen molar-refractivity contribution in [3.05, 3.63) is 89.5 Å². The molecule has 0 unspecified atom stereocenters. The van der Waals surface area contributed by atoms with Crippen LogP contribution in [0.1, 0.15) is 62.6 Å². The highest BCUT2D eigenvalue weighted by Crippen LogP contribution is 2.32. The summed E-state index contributed by atoms with van der Waals surface area (Å²) in [6.45, 7) is 10.0. The average molecular weight is 445 g/mol. The Morgan fingerprint density at radius 3 is 2.00 bits per heavy atom. The highest BCUT2D eigenvalue weighted by atomic mass is 16.5. The van der Waals surface area contributed by atoms with Crippen LogP contribution in [0, 0.1) is 0 Å². The molecule has 0 aliphatic rings. The van der Waals surface area contributed by atoms with Crippen molar-refractivity contribution in [1.29, 1.82) is 0 Å². The zero-order chi connectivity index (χ0) is 23.8. The van der Waals surface area contributed by atoms with Gasteiger partial charge in [0.2, 0.25) is 5.91 Å². The van der Waals surface area contributed by atoms with Gasteiger partial charge in [0.05, 0.1) is 7.11 Å². The van der Waals surface area contributed by atoms with Crippen molar-refractivity contribution < 1.29 is 9.53 Å². The Labute approximate surface area is 198 Å². The van der Waals surface area contributed by atoms with Crippen molar-refractivity contribution in [2.75, 3.05) is 23.9 Å². The second kappa shape index (κ2) is 11.6. The summed E-state index contributed by atoms with van der Waals surface area (Å²) in [5, 5.41) is 3.25. The molecular formula is C29H36N2O2. The molecule has 3 rings (SSSR count). The van der Waals surface area contributed by atoms with E-state index in [1.165, 1.54) is 16.7 Å². The normalized spacial score (nSPS) is 11.0. The fraction of sp³-hybridized carbons (Fsp3) is 0.345. The van der Waals surface area contributed by atoms with Crippen LogP contribution in [0.3, 0.4) is 0 Å². The van der Waals surface area contributed by atoms with Gasteiger partial charge in [-0.2, -0.15) is 0 Å². The van der Waals surface area contributed by atoms with Crippen LogP contribution in [0.15, 0.2) is 72.8 Å². The van der Waals surface area contributed by atoms with E-state index >= 15 is 0 Å². The van der Waals surface area contributed by atoms with Crippen LogP contribution in [0.25, 0.3) is 0 Å². The second-order valence-corrected chi connectivity index (χ2v) is 9.02. The highest BCUT2D eigenvalue weighted by Gasteiger charge is 2.17. The molecule has 4 heteroatoms. The number of amides is 1.